The highest BCUT2D eigenvalue weighted by molar-refractivity contribution is 5.97. The Hall–Kier alpha value is -1.71. The molecule has 18 heavy (non-hydrogen) atoms. The van der Waals surface area contributed by atoms with Gasteiger partial charge in [-0.1, -0.05) is 13.0 Å². The number of rotatable bonds is 4. The first-order chi connectivity index (χ1) is 8.54. The number of phenolic OH excluding ortho intramolecular Hbond substituents is 1. The van der Waals surface area contributed by atoms with Crippen molar-refractivity contribution in [2.75, 3.05) is 20.7 Å². The van der Waals surface area contributed by atoms with Gasteiger partial charge in [0.05, 0.1) is 12.7 Å². The molecule has 0 spiro atoms. The van der Waals surface area contributed by atoms with Gasteiger partial charge in [0.1, 0.15) is 0 Å². The van der Waals surface area contributed by atoms with E-state index in [1.165, 1.54) is 13.5 Å². The van der Waals surface area contributed by atoms with E-state index in [-0.39, 0.29) is 11.7 Å². The van der Waals surface area contributed by atoms with Crippen LogP contribution in [0.1, 0.15) is 23.7 Å². The van der Waals surface area contributed by atoms with Crippen LogP contribution in [0.3, 0.4) is 0 Å². The summed E-state index contributed by atoms with van der Waals surface area (Å²) in [6, 6.07) is 4.96. The molecular formula is C14H19NO3. The summed E-state index contributed by atoms with van der Waals surface area (Å²) in [6.45, 7) is 2.93. The topological polar surface area (TPSA) is 49.8 Å². The van der Waals surface area contributed by atoms with Crippen molar-refractivity contribution < 1.29 is 14.6 Å². The predicted octanol–water partition coefficient (Wildman–Crippen LogP) is 2.13. The number of ether oxygens (including phenoxy) is 1. The van der Waals surface area contributed by atoms with Crippen LogP contribution in [-0.4, -0.2) is 36.6 Å². The largest absolute Gasteiger partial charge is 0.504 e. The number of carbonyl (C=O) groups is 1. The zero-order valence-electron chi connectivity index (χ0n) is 11.0. The highest BCUT2D eigenvalue weighted by atomic mass is 16.5. The summed E-state index contributed by atoms with van der Waals surface area (Å²) in [4.78, 5) is 13.9. The van der Waals surface area contributed by atoms with Crippen molar-refractivity contribution >= 4 is 5.91 Å². The SMILES string of the molecule is COc1cccc(C(=O)N(C)CC2CC2C)c1O. The lowest BCUT2D eigenvalue weighted by atomic mass is 10.1. The van der Waals surface area contributed by atoms with Gasteiger partial charge >= 0.3 is 0 Å². The van der Waals surface area contributed by atoms with Crippen molar-refractivity contribution in [1.82, 2.24) is 4.90 Å². The van der Waals surface area contributed by atoms with Crippen LogP contribution in [-0.2, 0) is 0 Å². The normalized spacial score (nSPS) is 21.5. The molecule has 4 heteroatoms. The van der Waals surface area contributed by atoms with Crippen molar-refractivity contribution in [3.05, 3.63) is 23.8 Å². The van der Waals surface area contributed by atoms with Gasteiger partial charge in [-0.05, 0) is 30.4 Å². The molecule has 0 bridgehead atoms. The number of carbonyl (C=O) groups excluding carboxylic acids is 1. The molecule has 0 saturated heterocycles. The van der Waals surface area contributed by atoms with E-state index in [1.807, 2.05) is 0 Å². The van der Waals surface area contributed by atoms with E-state index >= 15 is 0 Å². The lowest BCUT2D eigenvalue weighted by Gasteiger charge is -2.18. The third kappa shape index (κ3) is 2.42. The first kappa shape index (κ1) is 12.7. The van der Waals surface area contributed by atoms with E-state index in [9.17, 15) is 9.90 Å². The van der Waals surface area contributed by atoms with Crippen molar-refractivity contribution in [3.63, 3.8) is 0 Å². The van der Waals surface area contributed by atoms with Crippen LogP contribution in [0.2, 0.25) is 0 Å². The summed E-state index contributed by atoms with van der Waals surface area (Å²) < 4.78 is 5.01. The monoisotopic (exact) mass is 249 g/mol. The van der Waals surface area contributed by atoms with Gasteiger partial charge in [0.2, 0.25) is 0 Å². The minimum absolute atomic E-state index is 0.0827. The van der Waals surface area contributed by atoms with Gasteiger partial charge in [0.15, 0.2) is 11.5 Å². The lowest BCUT2D eigenvalue weighted by Crippen LogP contribution is -2.29. The quantitative estimate of drug-likeness (QED) is 0.889. The number of phenols is 1. The summed E-state index contributed by atoms with van der Waals surface area (Å²) in [5.41, 5.74) is 0.296. The van der Waals surface area contributed by atoms with Crippen molar-refractivity contribution in [1.29, 1.82) is 0 Å². The van der Waals surface area contributed by atoms with E-state index in [2.05, 4.69) is 6.92 Å². The maximum absolute atomic E-state index is 12.2. The van der Waals surface area contributed by atoms with E-state index in [0.29, 0.717) is 23.1 Å². The van der Waals surface area contributed by atoms with Crippen LogP contribution in [0.25, 0.3) is 0 Å². The maximum Gasteiger partial charge on any atom is 0.257 e. The summed E-state index contributed by atoms with van der Waals surface area (Å²) in [6.07, 6.45) is 1.18. The number of hydrogen-bond donors (Lipinski definition) is 1. The molecule has 0 heterocycles. The second-order valence-corrected chi connectivity index (χ2v) is 5.02. The van der Waals surface area contributed by atoms with Gasteiger partial charge in [0, 0.05) is 13.6 Å². The first-order valence-corrected chi connectivity index (χ1v) is 6.16. The Morgan fingerprint density at radius 1 is 1.56 bits per heavy atom. The van der Waals surface area contributed by atoms with Crippen LogP contribution >= 0.6 is 0 Å². The molecule has 1 aromatic rings. The third-order valence-electron chi connectivity index (χ3n) is 3.58. The molecule has 1 fully saturated rings. The molecule has 1 aliphatic carbocycles. The van der Waals surface area contributed by atoms with Crippen LogP contribution in [0.4, 0.5) is 0 Å². The fourth-order valence-electron chi connectivity index (χ4n) is 2.15. The van der Waals surface area contributed by atoms with Gasteiger partial charge in [-0.15, -0.1) is 0 Å². The molecule has 0 aliphatic heterocycles. The van der Waals surface area contributed by atoms with Crippen LogP contribution in [0, 0.1) is 11.8 Å². The average molecular weight is 249 g/mol. The molecule has 4 nitrogen and oxygen atoms in total. The fourth-order valence-corrected chi connectivity index (χ4v) is 2.15. The maximum atomic E-state index is 12.2. The van der Waals surface area contributed by atoms with E-state index in [1.54, 1.807) is 30.1 Å². The van der Waals surface area contributed by atoms with E-state index in [0.717, 1.165) is 6.54 Å². The minimum Gasteiger partial charge on any atom is -0.504 e. The minimum atomic E-state index is -0.162. The third-order valence-corrected chi connectivity index (χ3v) is 3.58. The molecule has 1 aliphatic rings. The number of nitrogens with zero attached hydrogens (tertiary/aromatic N) is 1. The number of hydrogen-bond acceptors (Lipinski definition) is 3. The van der Waals surface area contributed by atoms with Crippen molar-refractivity contribution in [2.45, 2.75) is 13.3 Å². The molecule has 1 aromatic carbocycles. The van der Waals surface area contributed by atoms with Gasteiger partial charge in [-0.2, -0.15) is 0 Å². The molecule has 2 atom stereocenters. The fraction of sp³-hybridized carbons (Fsp3) is 0.500. The molecular weight excluding hydrogens is 230 g/mol. The van der Waals surface area contributed by atoms with Gasteiger partial charge in [0.25, 0.3) is 5.91 Å². The zero-order chi connectivity index (χ0) is 13.3. The Morgan fingerprint density at radius 2 is 2.22 bits per heavy atom. The number of aromatic hydroxyl groups is 1. The Morgan fingerprint density at radius 3 is 2.78 bits per heavy atom. The smallest absolute Gasteiger partial charge is 0.257 e. The Balaban J connectivity index is 2.12. The molecule has 0 aromatic heterocycles. The molecule has 2 unspecified atom stereocenters. The van der Waals surface area contributed by atoms with Crippen LogP contribution < -0.4 is 4.74 Å². The van der Waals surface area contributed by atoms with Crippen LogP contribution in [0.15, 0.2) is 18.2 Å². The summed E-state index contributed by atoms with van der Waals surface area (Å²) in [5.74, 6) is 1.39. The number of methoxy groups -OCH3 is 1. The summed E-state index contributed by atoms with van der Waals surface area (Å²) in [5, 5.41) is 9.94. The highest BCUT2D eigenvalue weighted by Crippen LogP contribution is 2.38. The average Bonchev–Trinajstić information content (AvgIpc) is 3.04. The van der Waals surface area contributed by atoms with Gasteiger partial charge in [-0.3, -0.25) is 4.79 Å². The molecule has 1 N–H and O–H groups in total. The Labute approximate surface area is 107 Å². The first-order valence-electron chi connectivity index (χ1n) is 6.16. The molecule has 1 saturated carbocycles. The van der Waals surface area contributed by atoms with Crippen molar-refractivity contribution in [2.24, 2.45) is 11.8 Å². The number of para-hydroxylation sites is 1. The number of amides is 1. The van der Waals surface area contributed by atoms with Gasteiger partial charge < -0.3 is 14.7 Å². The molecule has 98 valence electrons. The lowest BCUT2D eigenvalue weighted by molar-refractivity contribution is 0.0783. The summed E-state index contributed by atoms with van der Waals surface area (Å²) in [7, 11) is 3.24. The highest BCUT2D eigenvalue weighted by Gasteiger charge is 2.34. The van der Waals surface area contributed by atoms with Crippen molar-refractivity contribution in [3.8, 4) is 11.5 Å². The number of benzene rings is 1. The zero-order valence-corrected chi connectivity index (χ0v) is 11.0. The Kier molecular flexibility index (Phi) is 3.45. The summed E-state index contributed by atoms with van der Waals surface area (Å²) >= 11 is 0. The Bertz CT molecular complexity index is 458. The van der Waals surface area contributed by atoms with Crippen LogP contribution in [0.5, 0.6) is 11.5 Å². The van der Waals surface area contributed by atoms with Gasteiger partial charge in [-0.25, -0.2) is 0 Å². The molecule has 2 rings (SSSR count). The standard InChI is InChI=1S/C14H19NO3/c1-9-7-10(9)8-15(2)14(17)11-5-4-6-12(18-3)13(11)16/h4-6,9-10,16H,7-8H2,1-3H3. The second-order valence-electron chi connectivity index (χ2n) is 5.02. The molecule has 0 radical (unpaired) electrons. The predicted molar refractivity (Wildman–Crippen MR) is 68.9 cm³/mol. The second kappa shape index (κ2) is 4.88. The van der Waals surface area contributed by atoms with E-state index < -0.39 is 0 Å². The van der Waals surface area contributed by atoms with E-state index in [4.69, 9.17) is 4.74 Å². The molecule has 1 amide bonds.